The van der Waals surface area contributed by atoms with Crippen molar-refractivity contribution in [3.8, 4) is 0 Å². The number of aliphatic imine (C=N–C) groups is 1. The minimum absolute atomic E-state index is 0.0235. The van der Waals surface area contributed by atoms with E-state index in [1.54, 1.807) is 12.1 Å². The van der Waals surface area contributed by atoms with Gasteiger partial charge in [-0.25, -0.2) is 13.2 Å². The van der Waals surface area contributed by atoms with E-state index in [2.05, 4.69) is 15.0 Å². The summed E-state index contributed by atoms with van der Waals surface area (Å²) >= 11 is 11.8. The normalized spacial score (nSPS) is 13.6. The maximum absolute atomic E-state index is 12.5. The molecule has 0 spiro atoms. The summed E-state index contributed by atoms with van der Waals surface area (Å²) in [6, 6.07) is 10.5. The van der Waals surface area contributed by atoms with E-state index in [1.807, 2.05) is 0 Å². The van der Waals surface area contributed by atoms with E-state index in [0.29, 0.717) is 34.4 Å². The van der Waals surface area contributed by atoms with Crippen molar-refractivity contribution in [3.63, 3.8) is 0 Å². The summed E-state index contributed by atoms with van der Waals surface area (Å²) in [5.74, 6) is -0.956. The molecule has 0 aromatic heterocycles. The molecule has 0 atom stereocenters. The molecule has 1 aliphatic rings. The zero-order valence-electron chi connectivity index (χ0n) is 16.7. The minimum Gasteiger partial charge on any atom is -0.452 e. The lowest BCUT2D eigenvalue weighted by Gasteiger charge is -2.10. The highest BCUT2D eigenvalue weighted by Gasteiger charge is 2.19. The molecule has 0 aliphatic carbocycles. The largest absolute Gasteiger partial charge is 0.452 e. The van der Waals surface area contributed by atoms with Gasteiger partial charge < -0.3 is 10.1 Å². The van der Waals surface area contributed by atoms with Gasteiger partial charge >= 0.3 is 5.97 Å². The van der Waals surface area contributed by atoms with Crippen LogP contribution in [-0.4, -0.2) is 39.3 Å². The molecule has 2 aromatic carbocycles. The maximum Gasteiger partial charge on any atom is 0.331 e. The Bertz CT molecular complexity index is 1200. The van der Waals surface area contributed by atoms with Gasteiger partial charge in [-0.15, -0.1) is 0 Å². The fraction of sp³-hybridized carbons (Fsp3) is 0.190. The minimum atomic E-state index is -3.81. The summed E-state index contributed by atoms with van der Waals surface area (Å²) in [5.41, 5.74) is 0.804. The number of halogens is 2. The van der Waals surface area contributed by atoms with Crippen molar-refractivity contribution in [3.05, 3.63) is 64.1 Å². The number of carbonyl (C=O) groups excluding carboxylic acids is 2. The third-order valence-corrected chi connectivity index (χ3v) is 6.20. The number of carbonyl (C=O) groups is 2. The molecule has 11 heteroatoms. The van der Waals surface area contributed by atoms with Gasteiger partial charge in [0.15, 0.2) is 6.61 Å². The first-order chi connectivity index (χ1) is 15.2. The van der Waals surface area contributed by atoms with Gasteiger partial charge in [0, 0.05) is 34.8 Å². The molecular formula is C21H19Cl2N3O5S. The van der Waals surface area contributed by atoms with E-state index in [0.717, 1.165) is 12.5 Å². The highest BCUT2D eigenvalue weighted by atomic mass is 35.5. The highest BCUT2D eigenvalue weighted by molar-refractivity contribution is 7.90. The summed E-state index contributed by atoms with van der Waals surface area (Å²) in [6.07, 6.45) is 3.94. The van der Waals surface area contributed by atoms with Crippen molar-refractivity contribution in [2.24, 2.45) is 4.99 Å². The Kier molecular flexibility index (Phi) is 7.89. The Morgan fingerprint density at radius 1 is 1.16 bits per heavy atom. The molecule has 2 aromatic rings. The Labute approximate surface area is 195 Å². The van der Waals surface area contributed by atoms with Gasteiger partial charge in [-0.1, -0.05) is 35.3 Å². The molecule has 168 valence electrons. The summed E-state index contributed by atoms with van der Waals surface area (Å²) in [6.45, 7) is 0.0398. The molecule has 1 aliphatic heterocycles. The summed E-state index contributed by atoms with van der Waals surface area (Å²) in [7, 11) is -3.81. The number of hydrogen-bond donors (Lipinski definition) is 2. The van der Waals surface area contributed by atoms with E-state index >= 15 is 0 Å². The lowest BCUT2D eigenvalue weighted by molar-refractivity contribution is -0.142. The first kappa shape index (κ1) is 23.8. The third-order valence-electron chi connectivity index (χ3n) is 4.26. The Balaban J connectivity index is 1.54. The number of esters is 1. The molecule has 3 rings (SSSR count). The van der Waals surface area contributed by atoms with Crippen LogP contribution in [0.25, 0.3) is 6.08 Å². The van der Waals surface area contributed by atoms with Crippen LogP contribution in [0.2, 0.25) is 10.0 Å². The van der Waals surface area contributed by atoms with Crippen LogP contribution in [0, 0.1) is 0 Å². The van der Waals surface area contributed by atoms with Crippen molar-refractivity contribution in [2.45, 2.75) is 17.7 Å². The van der Waals surface area contributed by atoms with Crippen LogP contribution in [0.3, 0.4) is 0 Å². The van der Waals surface area contributed by atoms with Crippen LogP contribution in [-0.2, 0) is 24.3 Å². The number of sulfonamides is 1. The van der Waals surface area contributed by atoms with Gasteiger partial charge in [-0.05, 0) is 48.4 Å². The second-order valence-electron chi connectivity index (χ2n) is 6.72. The van der Waals surface area contributed by atoms with Gasteiger partial charge in [-0.2, -0.15) is 0 Å². The number of hydrogen-bond acceptors (Lipinski definition) is 6. The number of nitrogens with one attached hydrogen (secondary N) is 2. The first-order valence-corrected chi connectivity index (χ1v) is 11.7. The molecule has 0 bridgehead atoms. The second kappa shape index (κ2) is 10.6. The molecule has 0 saturated heterocycles. The lowest BCUT2D eigenvalue weighted by atomic mass is 10.2. The van der Waals surface area contributed by atoms with Gasteiger partial charge in [0.05, 0.1) is 4.90 Å². The van der Waals surface area contributed by atoms with Crippen molar-refractivity contribution in [2.75, 3.05) is 18.5 Å². The molecule has 32 heavy (non-hydrogen) atoms. The van der Waals surface area contributed by atoms with E-state index in [-0.39, 0.29) is 10.6 Å². The molecule has 0 fully saturated rings. The predicted octanol–water partition coefficient (Wildman–Crippen LogP) is 3.66. The topological polar surface area (TPSA) is 114 Å². The Hall–Kier alpha value is -2.88. The molecule has 1 amide bonds. The molecule has 2 N–H and O–H groups in total. The van der Waals surface area contributed by atoms with E-state index in [1.165, 1.54) is 36.4 Å². The zero-order chi connectivity index (χ0) is 23.1. The number of benzene rings is 2. The van der Waals surface area contributed by atoms with Gasteiger partial charge in [0.1, 0.15) is 5.84 Å². The van der Waals surface area contributed by atoms with E-state index < -0.39 is 28.5 Å². The van der Waals surface area contributed by atoms with Crippen LogP contribution in [0.1, 0.15) is 18.4 Å². The zero-order valence-corrected chi connectivity index (χ0v) is 19.0. The highest BCUT2D eigenvalue weighted by Crippen LogP contribution is 2.22. The van der Waals surface area contributed by atoms with Crippen molar-refractivity contribution in [1.29, 1.82) is 0 Å². The maximum atomic E-state index is 12.5. The lowest BCUT2D eigenvalue weighted by Crippen LogP contribution is -2.29. The van der Waals surface area contributed by atoms with Crippen molar-refractivity contribution in [1.82, 2.24) is 4.72 Å². The van der Waals surface area contributed by atoms with Crippen LogP contribution in [0.15, 0.2) is 58.4 Å². The fourth-order valence-electron chi connectivity index (χ4n) is 2.75. The van der Waals surface area contributed by atoms with Gasteiger partial charge in [0.25, 0.3) is 15.9 Å². The molecular weight excluding hydrogens is 477 g/mol. The Morgan fingerprint density at radius 2 is 1.97 bits per heavy atom. The smallest absolute Gasteiger partial charge is 0.331 e. The quantitative estimate of drug-likeness (QED) is 0.449. The molecule has 1 heterocycles. The third kappa shape index (κ3) is 6.81. The molecule has 8 nitrogen and oxygen atoms in total. The number of nitrogens with zero attached hydrogens (tertiary/aromatic N) is 1. The fourth-order valence-corrected chi connectivity index (χ4v) is 4.36. The average Bonchev–Trinajstić information content (AvgIpc) is 3.24. The molecule has 0 saturated carbocycles. The van der Waals surface area contributed by atoms with Crippen LogP contribution < -0.4 is 10.0 Å². The number of amides is 1. The van der Waals surface area contributed by atoms with Gasteiger partial charge in [0.2, 0.25) is 0 Å². The Morgan fingerprint density at radius 3 is 2.69 bits per heavy atom. The standard InChI is InChI=1S/C21H19Cl2N3O5S/c22-15-8-6-14(18(23)11-15)7-9-21(28)31-13-20(27)25-16-3-1-4-17(12-16)32(29,30)26-19-5-2-10-24-19/h1,3-4,6-9,11-12H,2,5,10,13H2,(H,24,26)(H,25,27)/b9-7+. The van der Waals surface area contributed by atoms with Crippen LogP contribution in [0.4, 0.5) is 5.69 Å². The van der Waals surface area contributed by atoms with E-state index in [4.69, 9.17) is 27.9 Å². The summed E-state index contributed by atoms with van der Waals surface area (Å²) in [5, 5.41) is 3.32. The van der Waals surface area contributed by atoms with Crippen molar-refractivity contribution >= 4 is 62.7 Å². The van der Waals surface area contributed by atoms with E-state index in [9.17, 15) is 18.0 Å². The number of anilines is 1. The summed E-state index contributed by atoms with van der Waals surface area (Å²) < 4.78 is 32.3. The monoisotopic (exact) mass is 495 g/mol. The predicted molar refractivity (Wildman–Crippen MR) is 123 cm³/mol. The SMILES string of the molecule is O=C(COC(=O)/C=C/c1ccc(Cl)cc1Cl)Nc1cccc(S(=O)(=O)NC2=NCCC2)c1. The number of rotatable bonds is 7. The molecule has 0 unspecified atom stereocenters. The van der Waals surface area contributed by atoms with Crippen LogP contribution >= 0.6 is 23.2 Å². The van der Waals surface area contributed by atoms with Crippen LogP contribution in [0.5, 0.6) is 0 Å². The van der Waals surface area contributed by atoms with Crippen molar-refractivity contribution < 1.29 is 22.7 Å². The summed E-state index contributed by atoms with van der Waals surface area (Å²) in [4.78, 5) is 28.0. The first-order valence-electron chi connectivity index (χ1n) is 9.49. The molecule has 0 radical (unpaired) electrons. The average molecular weight is 496 g/mol. The second-order valence-corrected chi connectivity index (χ2v) is 9.25. The number of ether oxygens (including phenoxy) is 1. The van der Waals surface area contributed by atoms with Gasteiger partial charge in [-0.3, -0.25) is 14.5 Å². The number of amidine groups is 1.